The van der Waals surface area contributed by atoms with Crippen molar-refractivity contribution in [3.63, 3.8) is 0 Å². The minimum absolute atomic E-state index is 0.0157. The van der Waals surface area contributed by atoms with Crippen molar-refractivity contribution in [3.8, 4) is 5.75 Å². The molecule has 0 fully saturated rings. The maximum absolute atomic E-state index is 12.9. The highest BCUT2D eigenvalue weighted by Crippen LogP contribution is 2.40. The van der Waals surface area contributed by atoms with Crippen LogP contribution in [0.3, 0.4) is 0 Å². The van der Waals surface area contributed by atoms with E-state index in [4.69, 9.17) is 37.7 Å². The molecule has 22 heteroatoms. The van der Waals surface area contributed by atoms with Gasteiger partial charge in [0.2, 0.25) is 0 Å². The van der Waals surface area contributed by atoms with Crippen LogP contribution in [0.4, 0.5) is 16.4 Å². The van der Waals surface area contributed by atoms with Gasteiger partial charge in [0, 0.05) is 36.8 Å². The number of benzene rings is 1. The third-order valence-electron chi connectivity index (χ3n) is 9.12. The van der Waals surface area contributed by atoms with E-state index in [1.807, 2.05) is 13.0 Å². The number of methoxy groups -OCH3 is 1. The molecular formula is C37H61N4O15S3+. The van der Waals surface area contributed by atoms with Gasteiger partial charge in [-0.3, -0.25) is 9.11 Å². The smallest absolute Gasteiger partial charge is 0.348 e. The SMILES string of the molecule is CCOC(=O)c1sc(/N=N/c2ccc(N(CC)CCOCCOCCOCCOCC[N+](CC)(CC)CCCS(=O)(=O)O)cc2OC)c(C(=O)OCC)c1CS(=O)(=O)O. The second-order valence-corrected chi connectivity index (χ2v) is 16.9. The minimum Gasteiger partial charge on any atom is -0.494 e. The molecule has 2 N–H and O–H groups in total. The van der Waals surface area contributed by atoms with Crippen molar-refractivity contribution in [2.24, 2.45) is 10.2 Å². The molecule has 2 aromatic rings. The Bertz CT molecular complexity index is 1840. The summed E-state index contributed by atoms with van der Waals surface area (Å²) in [5.41, 5.74) is 0.494. The van der Waals surface area contributed by atoms with Gasteiger partial charge < -0.3 is 42.5 Å². The van der Waals surface area contributed by atoms with Gasteiger partial charge in [0.05, 0.1) is 98.6 Å². The van der Waals surface area contributed by atoms with E-state index in [2.05, 4.69) is 29.0 Å². The van der Waals surface area contributed by atoms with Crippen LogP contribution in [0.1, 0.15) is 66.6 Å². The van der Waals surface area contributed by atoms with Crippen LogP contribution >= 0.6 is 11.3 Å². The molecule has 19 nitrogen and oxygen atoms in total. The maximum Gasteiger partial charge on any atom is 0.348 e. The summed E-state index contributed by atoms with van der Waals surface area (Å²) in [6, 6.07) is 5.23. The number of likely N-dealkylation sites (N-methyl/N-ethyl adjacent to an activating group) is 2. The number of hydrogen-bond acceptors (Lipinski definition) is 17. The molecule has 0 aliphatic carbocycles. The molecule has 59 heavy (non-hydrogen) atoms. The van der Waals surface area contributed by atoms with Gasteiger partial charge in [-0.05, 0) is 46.8 Å². The molecule has 2 rings (SSSR count). The van der Waals surface area contributed by atoms with Crippen LogP contribution in [0, 0.1) is 0 Å². The maximum atomic E-state index is 12.9. The summed E-state index contributed by atoms with van der Waals surface area (Å²) < 4.78 is 104. The second kappa shape index (κ2) is 26.8. The largest absolute Gasteiger partial charge is 0.494 e. The Morgan fingerprint density at radius 1 is 0.763 bits per heavy atom. The van der Waals surface area contributed by atoms with Gasteiger partial charge in [-0.2, -0.15) is 16.8 Å². The number of ether oxygens (including phenoxy) is 7. The summed E-state index contributed by atoms with van der Waals surface area (Å²) in [4.78, 5) is 27.5. The molecule has 0 spiro atoms. The van der Waals surface area contributed by atoms with E-state index in [1.165, 1.54) is 7.11 Å². The summed E-state index contributed by atoms with van der Waals surface area (Å²) in [7, 11) is -7.17. The Hall–Kier alpha value is -3.32. The zero-order valence-corrected chi connectivity index (χ0v) is 37.3. The Balaban J connectivity index is 1.85. The third kappa shape index (κ3) is 18.9. The first kappa shape index (κ1) is 51.8. The Kier molecular flexibility index (Phi) is 23.5. The van der Waals surface area contributed by atoms with E-state index < -0.39 is 37.9 Å². The van der Waals surface area contributed by atoms with Crippen molar-refractivity contribution in [1.29, 1.82) is 0 Å². The number of esters is 2. The lowest BCUT2D eigenvalue weighted by molar-refractivity contribution is -0.925. The number of anilines is 1. The average Bonchev–Trinajstić information content (AvgIpc) is 3.54. The second-order valence-electron chi connectivity index (χ2n) is 12.9. The van der Waals surface area contributed by atoms with Crippen LogP contribution in [0.25, 0.3) is 0 Å². The number of nitrogens with zero attached hydrogens (tertiary/aromatic N) is 4. The quantitative estimate of drug-likeness (QED) is 0.0325. The van der Waals surface area contributed by atoms with E-state index >= 15 is 0 Å². The van der Waals surface area contributed by atoms with E-state index in [0.717, 1.165) is 29.8 Å². The first-order valence-electron chi connectivity index (χ1n) is 19.5. The predicted molar refractivity (Wildman–Crippen MR) is 222 cm³/mol. The van der Waals surface area contributed by atoms with Crippen LogP contribution in [-0.4, -0.2) is 161 Å². The molecule has 0 atom stereocenters. The summed E-state index contributed by atoms with van der Waals surface area (Å²) in [6.45, 7) is 16.9. The summed E-state index contributed by atoms with van der Waals surface area (Å²) in [5, 5.41) is 8.31. The lowest BCUT2D eigenvalue weighted by atomic mass is 10.1. The van der Waals surface area contributed by atoms with Crippen molar-refractivity contribution >= 4 is 59.9 Å². The van der Waals surface area contributed by atoms with Gasteiger partial charge in [-0.25, -0.2) is 9.59 Å². The molecule has 0 unspecified atom stereocenters. The third-order valence-corrected chi connectivity index (χ3v) is 11.7. The van der Waals surface area contributed by atoms with Gasteiger partial charge >= 0.3 is 11.9 Å². The fourth-order valence-corrected chi connectivity index (χ4v) is 8.14. The number of quaternary nitrogens is 1. The molecular weight excluding hydrogens is 837 g/mol. The molecule has 336 valence electrons. The molecule has 0 bridgehead atoms. The first-order chi connectivity index (χ1) is 28.1. The van der Waals surface area contributed by atoms with Gasteiger partial charge in [0.15, 0.2) is 5.00 Å². The van der Waals surface area contributed by atoms with Gasteiger partial charge in [-0.15, -0.1) is 21.6 Å². The lowest BCUT2D eigenvalue weighted by Crippen LogP contribution is -2.50. The van der Waals surface area contributed by atoms with E-state index in [0.29, 0.717) is 96.0 Å². The van der Waals surface area contributed by atoms with Crippen molar-refractivity contribution in [3.05, 3.63) is 34.2 Å². The molecule has 0 radical (unpaired) electrons. The van der Waals surface area contributed by atoms with Crippen molar-refractivity contribution < 1.29 is 73.2 Å². The number of rotatable bonds is 32. The van der Waals surface area contributed by atoms with Gasteiger partial charge in [-0.1, -0.05) is 0 Å². The molecule has 1 aromatic carbocycles. The van der Waals surface area contributed by atoms with Crippen LogP contribution in [0.15, 0.2) is 28.4 Å². The van der Waals surface area contributed by atoms with Crippen molar-refractivity contribution in [1.82, 2.24) is 0 Å². The summed E-state index contributed by atoms with van der Waals surface area (Å²) in [6.07, 6.45) is 0.397. The average molecular weight is 898 g/mol. The summed E-state index contributed by atoms with van der Waals surface area (Å²) >= 11 is 0.689. The van der Waals surface area contributed by atoms with Crippen molar-refractivity contribution in [2.75, 3.05) is 123 Å². The highest BCUT2D eigenvalue weighted by molar-refractivity contribution is 7.85. The van der Waals surface area contributed by atoms with Crippen molar-refractivity contribution in [2.45, 2.75) is 46.8 Å². The normalized spacial score (nSPS) is 12.3. The minimum atomic E-state index is -4.67. The van der Waals surface area contributed by atoms with E-state index in [1.54, 1.807) is 26.0 Å². The Morgan fingerprint density at radius 3 is 1.86 bits per heavy atom. The van der Waals surface area contributed by atoms with Crippen LogP contribution < -0.4 is 9.64 Å². The molecule has 0 amide bonds. The fraction of sp³-hybridized carbons (Fsp3) is 0.676. The highest BCUT2D eigenvalue weighted by atomic mass is 32.2. The van der Waals surface area contributed by atoms with Crippen LogP contribution in [0.2, 0.25) is 0 Å². The molecule has 1 aromatic heterocycles. The molecule has 0 saturated carbocycles. The van der Waals surface area contributed by atoms with E-state index in [9.17, 15) is 31.0 Å². The van der Waals surface area contributed by atoms with Gasteiger partial charge in [0.25, 0.3) is 20.2 Å². The molecule has 0 aliphatic heterocycles. The number of hydrogen-bond donors (Lipinski definition) is 2. The topological polar surface area (TPSA) is 235 Å². The fourth-order valence-electron chi connectivity index (χ4n) is 5.88. The highest BCUT2D eigenvalue weighted by Gasteiger charge is 2.32. The zero-order chi connectivity index (χ0) is 43.9. The lowest BCUT2D eigenvalue weighted by Gasteiger charge is -2.36. The molecule has 0 saturated heterocycles. The Morgan fingerprint density at radius 2 is 1.34 bits per heavy atom. The standard InChI is InChI=1S/C37H60N4O15S3/c1-7-40(15-18-51-20-22-53-24-25-54-23-21-52-19-17-41(8-2,9-3)16-12-26-58(44,45)46)29-13-14-31(32(27-29)50-6)38-39-35-33(36(42)55-10-4)30(28-59(47,48)49)34(57-35)37(43)56-11-5/h13-14,27H,7-12,15-26,28H2,1-6H3,(H-,44,45,46,47,48,49)/p+1/b39-38+. The molecule has 0 aliphatic rings. The number of thiophene rings is 1. The first-order valence-corrected chi connectivity index (χ1v) is 23.5. The van der Waals surface area contributed by atoms with E-state index in [-0.39, 0.29) is 45.7 Å². The monoisotopic (exact) mass is 897 g/mol. The summed E-state index contributed by atoms with van der Waals surface area (Å²) in [5.74, 6) is -2.75. The number of azo groups is 1. The van der Waals surface area contributed by atoms with Crippen LogP contribution in [-0.2, 0) is 54.4 Å². The number of carbonyl (C=O) groups excluding carboxylic acids is 2. The van der Waals surface area contributed by atoms with Crippen LogP contribution in [0.5, 0.6) is 5.75 Å². The number of carbonyl (C=O) groups is 2. The predicted octanol–water partition coefficient (Wildman–Crippen LogP) is 4.94. The van der Waals surface area contributed by atoms with Gasteiger partial charge in [0.1, 0.15) is 34.2 Å². The Labute approximate surface area is 352 Å². The molecule has 1 heterocycles. The zero-order valence-electron chi connectivity index (χ0n) is 34.9.